The van der Waals surface area contributed by atoms with E-state index in [0.717, 1.165) is 31.3 Å². The van der Waals surface area contributed by atoms with Crippen molar-refractivity contribution >= 4 is 34.7 Å². The standard InChI is InChI=1S/C30H34F3N9O2/c1-5-40-8-10-41(11-9-40)26-14-23(13-24(18(26)2)30(31,32)33)37-29(44)22-12-27(19(3)34-16-22)42-17-25(38-39-42)21-6-7-28(35-15-21)36-20(4)43/h6-7,12-16,25H,5,8-11,17H2,1-4H3,(H,37,44)(H,35,36,43). The largest absolute Gasteiger partial charge is 0.416 e. The van der Waals surface area contributed by atoms with Gasteiger partial charge in [0.05, 0.1) is 29.1 Å². The predicted molar refractivity (Wildman–Crippen MR) is 161 cm³/mol. The lowest BCUT2D eigenvalue weighted by atomic mass is 10.0. The summed E-state index contributed by atoms with van der Waals surface area (Å²) in [4.78, 5) is 37.4. The van der Waals surface area contributed by atoms with Crippen LogP contribution < -0.4 is 20.5 Å². The van der Waals surface area contributed by atoms with Gasteiger partial charge in [-0.15, -0.1) is 0 Å². The Kier molecular flexibility index (Phi) is 8.81. The zero-order valence-corrected chi connectivity index (χ0v) is 24.9. The molecule has 5 rings (SSSR count). The number of hydrogen-bond acceptors (Lipinski definition) is 9. The number of benzene rings is 1. The second-order valence-electron chi connectivity index (χ2n) is 10.8. The number of likely N-dealkylation sites (N-methyl/N-ethyl adjacent to an activating group) is 1. The number of aromatic nitrogens is 2. The third-order valence-electron chi connectivity index (χ3n) is 7.82. The average Bonchev–Trinajstić information content (AvgIpc) is 3.48. The van der Waals surface area contributed by atoms with Gasteiger partial charge in [-0.2, -0.15) is 18.3 Å². The van der Waals surface area contributed by atoms with Crippen molar-refractivity contribution < 1.29 is 22.8 Å². The molecule has 2 aliphatic heterocycles. The third kappa shape index (κ3) is 6.80. The van der Waals surface area contributed by atoms with E-state index in [4.69, 9.17) is 0 Å². The van der Waals surface area contributed by atoms with Gasteiger partial charge in [-0.3, -0.25) is 14.6 Å². The first-order valence-corrected chi connectivity index (χ1v) is 14.3. The van der Waals surface area contributed by atoms with E-state index in [-0.39, 0.29) is 28.8 Å². The number of aryl methyl sites for hydroxylation is 1. The molecule has 44 heavy (non-hydrogen) atoms. The highest BCUT2D eigenvalue weighted by Crippen LogP contribution is 2.39. The predicted octanol–water partition coefficient (Wildman–Crippen LogP) is 5.39. The topological polar surface area (TPSA) is 118 Å². The number of piperazine rings is 1. The molecule has 2 aliphatic rings. The molecule has 0 radical (unpaired) electrons. The van der Waals surface area contributed by atoms with Crippen molar-refractivity contribution in [3.8, 4) is 0 Å². The van der Waals surface area contributed by atoms with Gasteiger partial charge in [-0.05, 0) is 55.8 Å². The summed E-state index contributed by atoms with van der Waals surface area (Å²) in [6.07, 6.45) is -1.59. The van der Waals surface area contributed by atoms with Gasteiger partial charge in [-0.25, -0.2) is 9.99 Å². The molecular formula is C30H34F3N9O2. The Hall–Kier alpha value is -4.59. The fraction of sp³-hybridized carbons (Fsp3) is 0.400. The van der Waals surface area contributed by atoms with Crippen LogP contribution in [0.3, 0.4) is 0 Å². The Bertz CT molecular complexity index is 1570. The van der Waals surface area contributed by atoms with Crippen LogP contribution in [0.5, 0.6) is 0 Å². The molecular weight excluding hydrogens is 575 g/mol. The first-order chi connectivity index (χ1) is 20.9. The van der Waals surface area contributed by atoms with E-state index in [1.165, 1.54) is 20.0 Å². The first kappa shape index (κ1) is 30.9. The van der Waals surface area contributed by atoms with Crippen molar-refractivity contribution in [1.82, 2.24) is 14.9 Å². The highest BCUT2D eigenvalue weighted by Gasteiger charge is 2.35. The van der Waals surface area contributed by atoms with Crippen molar-refractivity contribution in [2.45, 2.75) is 39.9 Å². The molecule has 0 saturated carbocycles. The maximum atomic E-state index is 14.1. The molecule has 1 fully saturated rings. The minimum absolute atomic E-state index is 0.0547. The highest BCUT2D eigenvalue weighted by molar-refractivity contribution is 6.05. The molecule has 0 aliphatic carbocycles. The van der Waals surface area contributed by atoms with Crippen molar-refractivity contribution in [3.05, 3.63) is 70.7 Å². The minimum atomic E-state index is -4.58. The van der Waals surface area contributed by atoms with Crippen molar-refractivity contribution in [2.75, 3.05) is 59.8 Å². The van der Waals surface area contributed by atoms with Crippen molar-refractivity contribution in [1.29, 1.82) is 0 Å². The second-order valence-corrected chi connectivity index (χ2v) is 10.8. The minimum Gasteiger partial charge on any atom is -0.369 e. The number of alkyl halides is 3. The summed E-state index contributed by atoms with van der Waals surface area (Å²) in [5.41, 5.74) is 1.96. The van der Waals surface area contributed by atoms with Gasteiger partial charge in [-0.1, -0.05) is 18.2 Å². The van der Waals surface area contributed by atoms with E-state index in [9.17, 15) is 22.8 Å². The maximum Gasteiger partial charge on any atom is 0.416 e. The number of pyridine rings is 2. The molecule has 4 heterocycles. The van der Waals surface area contributed by atoms with Crippen LogP contribution >= 0.6 is 0 Å². The van der Waals surface area contributed by atoms with Crippen LogP contribution in [-0.4, -0.2) is 66.0 Å². The zero-order chi connectivity index (χ0) is 31.6. The Labute approximate surface area is 253 Å². The van der Waals surface area contributed by atoms with Gasteiger partial charge in [0.1, 0.15) is 11.9 Å². The normalized spacial score (nSPS) is 17.2. The number of nitrogens with one attached hydrogen (secondary N) is 2. The lowest BCUT2D eigenvalue weighted by Gasteiger charge is -2.37. The van der Waals surface area contributed by atoms with Crippen LogP contribution in [0.4, 0.5) is 36.1 Å². The summed E-state index contributed by atoms with van der Waals surface area (Å²) >= 11 is 0. The van der Waals surface area contributed by atoms with Crippen LogP contribution in [0.1, 0.15) is 52.6 Å². The van der Waals surface area contributed by atoms with E-state index in [1.807, 2.05) is 4.90 Å². The number of halogens is 3. The Balaban J connectivity index is 1.34. The average molecular weight is 610 g/mol. The molecule has 0 bridgehead atoms. The maximum absolute atomic E-state index is 14.1. The summed E-state index contributed by atoms with van der Waals surface area (Å²) in [6, 6.07) is 7.33. The molecule has 2 N–H and O–H groups in total. The van der Waals surface area contributed by atoms with Gasteiger partial charge in [0.2, 0.25) is 5.91 Å². The fourth-order valence-electron chi connectivity index (χ4n) is 5.35. The molecule has 1 aromatic carbocycles. The summed E-state index contributed by atoms with van der Waals surface area (Å²) in [7, 11) is 0. The lowest BCUT2D eigenvalue weighted by Crippen LogP contribution is -2.46. The number of rotatable bonds is 7. The Morgan fingerprint density at radius 1 is 0.977 bits per heavy atom. The van der Waals surface area contributed by atoms with Gasteiger partial charge < -0.3 is 20.4 Å². The summed E-state index contributed by atoms with van der Waals surface area (Å²) in [5, 5.41) is 15.5. The third-order valence-corrected chi connectivity index (χ3v) is 7.82. The molecule has 232 valence electrons. The molecule has 1 atom stereocenters. The van der Waals surface area contributed by atoms with E-state index >= 15 is 0 Å². The monoisotopic (exact) mass is 609 g/mol. The zero-order valence-electron chi connectivity index (χ0n) is 24.9. The van der Waals surface area contributed by atoms with Gasteiger partial charge in [0.25, 0.3) is 5.91 Å². The van der Waals surface area contributed by atoms with Crippen molar-refractivity contribution in [3.63, 3.8) is 0 Å². The molecule has 1 unspecified atom stereocenters. The molecule has 3 aromatic rings. The Morgan fingerprint density at radius 2 is 1.73 bits per heavy atom. The molecule has 0 spiro atoms. The first-order valence-electron chi connectivity index (χ1n) is 14.3. The van der Waals surface area contributed by atoms with Gasteiger partial charge >= 0.3 is 6.18 Å². The smallest absolute Gasteiger partial charge is 0.369 e. The summed E-state index contributed by atoms with van der Waals surface area (Å²) in [5.74, 6) is -0.394. The number of anilines is 4. The Morgan fingerprint density at radius 3 is 2.36 bits per heavy atom. The summed E-state index contributed by atoms with van der Waals surface area (Å²) < 4.78 is 42.2. The number of nitrogens with zero attached hydrogens (tertiary/aromatic N) is 7. The van der Waals surface area contributed by atoms with Crippen LogP contribution in [-0.2, 0) is 11.0 Å². The molecule has 11 nitrogen and oxygen atoms in total. The van der Waals surface area contributed by atoms with Crippen LogP contribution in [0, 0.1) is 13.8 Å². The van der Waals surface area contributed by atoms with Crippen LogP contribution in [0.25, 0.3) is 0 Å². The molecule has 14 heteroatoms. The van der Waals surface area contributed by atoms with E-state index in [1.54, 1.807) is 42.4 Å². The van der Waals surface area contributed by atoms with Crippen LogP contribution in [0.2, 0.25) is 0 Å². The highest BCUT2D eigenvalue weighted by atomic mass is 19.4. The number of hydrogen-bond donors (Lipinski definition) is 2. The van der Waals surface area contributed by atoms with Gasteiger partial charge in [0, 0.05) is 56.9 Å². The fourth-order valence-corrected chi connectivity index (χ4v) is 5.35. The van der Waals surface area contributed by atoms with Gasteiger partial charge in [0.15, 0.2) is 0 Å². The number of carbonyl (C=O) groups is 2. The van der Waals surface area contributed by atoms with E-state index in [0.29, 0.717) is 42.5 Å². The van der Waals surface area contributed by atoms with E-state index < -0.39 is 17.6 Å². The molecule has 1 saturated heterocycles. The lowest BCUT2D eigenvalue weighted by molar-refractivity contribution is -0.138. The number of amides is 2. The quantitative estimate of drug-likeness (QED) is 0.369. The van der Waals surface area contributed by atoms with Crippen molar-refractivity contribution in [2.24, 2.45) is 10.3 Å². The molecule has 2 aromatic heterocycles. The molecule has 2 amide bonds. The number of carbonyl (C=O) groups excluding carboxylic acids is 2. The van der Waals surface area contributed by atoms with E-state index in [2.05, 4.69) is 42.8 Å². The summed E-state index contributed by atoms with van der Waals surface area (Å²) in [6.45, 7) is 10.6. The second kappa shape index (κ2) is 12.6. The SMILES string of the molecule is CCN1CCN(c2cc(NC(=O)c3cnc(C)c(N4CC(c5ccc(NC(C)=O)nc5)N=N4)c3)cc(C(F)(F)F)c2C)CC1. The van der Waals surface area contributed by atoms with Crippen LogP contribution in [0.15, 0.2) is 53.1 Å².